The normalized spacial score (nSPS) is 37.4. The van der Waals surface area contributed by atoms with E-state index in [2.05, 4.69) is 13.8 Å². The van der Waals surface area contributed by atoms with Crippen LogP contribution in [0.25, 0.3) is 0 Å². The number of rotatable bonds is 4. The minimum Gasteiger partial charge on any atom is -0.465 e. The number of Topliss-reactive ketones (excluding diaryl/α,β-unsaturated/α-hetero) is 1. The fourth-order valence-electron chi connectivity index (χ4n) is 5.58. The van der Waals surface area contributed by atoms with Crippen LogP contribution in [0.2, 0.25) is 0 Å². The third-order valence-corrected chi connectivity index (χ3v) is 6.83. The number of fused-ring (bicyclic) bond motifs is 1. The zero-order valence-corrected chi connectivity index (χ0v) is 14.9. The third kappa shape index (κ3) is 2.24. The Labute approximate surface area is 142 Å². The van der Waals surface area contributed by atoms with Crippen LogP contribution in [0, 0.1) is 22.7 Å². The SMILES string of the molecule is CC(=O)OCC1=C2C[C@H]3CC[C@@H](C)[C@]2(CC1=O)[C@@]3(C)COC(C)=O. The van der Waals surface area contributed by atoms with Crippen LogP contribution in [-0.4, -0.2) is 30.9 Å². The van der Waals surface area contributed by atoms with Gasteiger partial charge in [-0.25, -0.2) is 0 Å². The molecule has 2 fully saturated rings. The highest BCUT2D eigenvalue weighted by Gasteiger charge is 2.68. The Morgan fingerprint density at radius 2 is 1.83 bits per heavy atom. The molecule has 2 bridgehead atoms. The van der Waals surface area contributed by atoms with Crippen LogP contribution in [-0.2, 0) is 23.9 Å². The van der Waals surface area contributed by atoms with E-state index in [0.29, 0.717) is 30.4 Å². The predicted octanol–water partition coefficient (Wildman–Crippen LogP) is 2.82. The van der Waals surface area contributed by atoms with Gasteiger partial charge >= 0.3 is 11.9 Å². The van der Waals surface area contributed by atoms with Crippen molar-refractivity contribution in [1.82, 2.24) is 0 Å². The van der Waals surface area contributed by atoms with Crippen LogP contribution in [0.15, 0.2) is 11.1 Å². The maximum atomic E-state index is 12.7. The Hall–Kier alpha value is -1.65. The minimum atomic E-state index is -0.367. The second-order valence-electron chi connectivity index (χ2n) is 7.89. The summed E-state index contributed by atoms with van der Waals surface area (Å²) >= 11 is 0. The highest BCUT2D eigenvalue weighted by Crippen LogP contribution is 2.72. The van der Waals surface area contributed by atoms with E-state index in [4.69, 9.17) is 9.47 Å². The minimum absolute atomic E-state index is 0.0777. The first-order chi connectivity index (χ1) is 11.2. The highest BCUT2D eigenvalue weighted by molar-refractivity contribution is 6.01. The molecule has 5 nitrogen and oxygen atoms in total. The summed E-state index contributed by atoms with van der Waals surface area (Å²) in [5.74, 6) is 0.204. The molecule has 0 amide bonds. The van der Waals surface area contributed by atoms with Gasteiger partial charge in [0.2, 0.25) is 0 Å². The summed E-state index contributed by atoms with van der Waals surface area (Å²) in [6.07, 6.45) is 3.47. The van der Waals surface area contributed by atoms with Crippen molar-refractivity contribution in [2.75, 3.05) is 13.2 Å². The van der Waals surface area contributed by atoms with Crippen molar-refractivity contribution in [3.8, 4) is 0 Å². The van der Waals surface area contributed by atoms with Gasteiger partial charge in [0.05, 0.1) is 6.61 Å². The first-order valence-electron chi connectivity index (χ1n) is 8.75. The van der Waals surface area contributed by atoms with Crippen molar-refractivity contribution in [3.63, 3.8) is 0 Å². The Morgan fingerprint density at radius 3 is 2.46 bits per heavy atom. The van der Waals surface area contributed by atoms with Crippen LogP contribution >= 0.6 is 0 Å². The van der Waals surface area contributed by atoms with Crippen molar-refractivity contribution in [2.45, 2.75) is 53.4 Å². The smallest absolute Gasteiger partial charge is 0.302 e. The summed E-state index contributed by atoms with van der Waals surface area (Å²) in [4.78, 5) is 35.3. The van der Waals surface area contributed by atoms with E-state index in [9.17, 15) is 14.4 Å². The number of carbonyl (C=O) groups is 3. The van der Waals surface area contributed by atoms with E-state index in [0.717, 1.165) is 19.3 Å². The number of hydrogen-bond donors (Lipinski definition) is 0. The molecular weight excluding hydrogens is 308 g/mol. The van der Waals surface area contributed by atoms with E-state index < -0.39 is 0 Å². The molecule has 1 spiro atoms. The molecule has 0 N–H and O–H groups in total. The molecule has 5 heteroatoms. The first-order valence-corrected chi connectivity index (χ1v) is 8.75. The zero-order chi connectivity index (χ0) is 17.7. The van der Waals surface area contributed by atoms with Crippen molar-refractivity contribution in [2.24, 2.45) is 22.7 Å². The molecule has 0 aliphatic heterocycles. The van der Waals surface area contributed by atoms with Crippen molar-refractivity contribution >= 4 is 17.7 Å². The number of ether oxygens (including phenoxy) is 2. The molecule has 2 saturated carbocycles. The molecule has 0 aromatic rings. The van der Waals surface area contributed by atoms with Gasteiger partial charge < -0.3 is 9.47 Å². The molecule has 0 unspecified atom stereocenters. The highest BCUT2D eigenvalue weighted by atomic mass is 16.5. The van der Waals surface area contributed by atoms with Crippen molar-refractivity contribution < 1.29 is 23.9 Å². The van der Waals surface area contributed by atoms with Crippen LogP contribution in [0.5, 0.6) is 0 Å². The number of carbonyl (C=O) groups excluding carboxylic acids is 3. The molecule has 24 heavy (non-hydrogen) atoms. The average molecular weight is 334 g/mol. The number of esters is 2. The lowest BCUT2D eigenvalue weighted by molar-refractivity contribution is -0.152. The van der Waals surface area contributed by atoms with E-state index in [1.807, 2.05) is 0 Å². The lowest BCUT2D eigenvalue weighted by Crippen LogP contribution is -2.50. The van der Waals surface area contributed by atoms with Crippen LogP contribution < -0.4 is 0 Å². The standard InChI is InChI=1S/C19H26O5/c1-11-5-6-14-7-16-15(9-23-12(2)20)17(22)8-19(11,16)18(14,4)10-24-13(3)21/h11,14H,5-10H2,1-4H3/t11-,14-,18+,19+/m1/s1. The topological polar surface area (TPSA) is 69.7 Å². The van der Waals surface area contributed by atoms with Gasteiger partial charge in [0.1, 0.15) is 6.61 Å². The predicted molar refractivity (Wildman–Crippen MR) is 87.0 cm³/mol. The molecule has 3 aliphatic rings. The maximum absolute atomic E-state index is 12.7. The fraction of sp³-hybridized carbons (Fsp3) is 0.737. The van der Waals surface area contributed by atoms with Crippen LogP contribution in [0.1, 0.15) is 53.4 Å². The summed E-state index contributed by atoms with van der Waals surface area (Å²) < 4.78 is 10.6. The molecule has 0 aromatic carbocycles. The van der Waals surface area contributed by atoms with E-state index >= 15 is 0 Å². The molecular formula is C19H26O5. The number of allylic oxidation sites excluding steroid dienone is 1. The molecule has 4 atom stereocenters. The van der Waals surface area contributed by atoms with Gasteiger partial charge in [0.25, 0.3) is 0 Å². The first kappa shape index (κ1) is 17.2. The molecule has 132 valence electrons. The van der Waals surface area contributed by atoms with Gasteiger partial charge in [0, 0.05) is 36.7 Å². The Bertz CT molecular complexity index is 634. The average Bonchev–Trinajstić information content (AvgIpc) is 2.84. The van der Waals surface area contributed by atoms with Gasteiger partial charge in [-0.3, -0.25) is 14.4 Å². The Morgan fingerprint density at radius 1 is 1.17 bits per heavy atom. The summed E-state index contributed by atoms with van der Waals surface area (Å²) in [5, 5.41) is 0. The fourth-order valence-corrected chi connectivity index (χ4v) is 5.58. The van der Waals surface area contributed by atoms with Crippen molar-refractivity contribution in [3.05, 3.63) is 11.1 Å². The monoisotopic (exact) mass is 334 g/mol. The van der Waals surface area contributed by atoms with E-state index in [1.54, 1.807) is 0 Å². The van der Waals surface area contributed by atoms with E-state index in [1.165, 1.54) is 19.4 Å². The maximum Gasteiger partial charge on any atom is 0.302 e. The largest absolute Gasteiger partial charge is 0.465 e. The second-order valence-corrected chi connectivity index (χ2v) is 7.89. The summed E-state index contributed by atoms with van der Waals surface area (Å²) in [6.45, 7) is 7.60. The quantitative estimate of drug-likeness (QED) is 0.739. The Kier molecular flexibility index (Phi) is 4.09. The summed E-state index contributed by atoms with van der Waals surface area (Å²) in [7, 11) is 0. The summed E-state index contributed by atoms with van der Waals surface area (Å²) in [6, 6.07) is 0. The number of ketones is 1. The molecule has 3 aliphatic carbocycles. The van der Waals surface area contributed by atoms with Gasteiger partial charge in [-0.15, -0.1) is 0 Å². The third-order valence-electron chi connectivity index (χ3n) is 6.83. The van der Waals surface area contributed by atoms with Crippen LogP contribution in [0.3, 0.4) is 0 Å². The molecule has 0 saturated heterocycles. The zero-order valence-electron chi connectivity index (χ0n) is 14.9. The lowest BCUT2D eigenvalue weighted by atomic mass is 9.52. The summed E-state index contributed by atoms with van der Waals surface area (Å²) in [5.41, 5.74) is 1.38. The van der Waals surface area contributed by atoms with Crippen molar-refractivity contribution in [1.29, 1.82) is 0 Å². The van der Waals surface area contributed by atoms with E-state index in [-0.39, 0.29) is 35.2 Å². The lowest BCUT2D eigenvalue weighted by Gasteiger charge is -2.52. The van der Waals surface area contributed by atoms with Gasteiger partial charge in [-0.05, 0) is 31.1 Å². The van der Waals surface area contributed by atoms with Gasteiger partial charge in [0.15, 0.2) is 5.78 Å². The molecule has 0 radical (unpaired) electrons. The van der Waals surface area contributed by atoms with Gasteiger partial charge in [-0.1, -0.05) is 19.4 Å². The van der Waals surface area contributed by atoms with Gasteiger partial charge in [-0.2, -0.15) is 0 Å². The number of hydrogen-bond acceptors (Lipinski definition) is 5. The molecule has 0 heterocycles. The van der Waals surface area contributed by atoms with Crippen LogP contribution in [0.4, 0.5) is 0 Å². The molecule has 0 aromatic heterocycles. The second kappa shape index (κ2) is 5.71. The molecule has 3 rings (SSSR count). The Balaban J connectivity index is 2.03.